The Bertz CT molecular complexity index is 469. The molecule has 0 radical (unpaired) electrons. The molecule has 0 aromatic carbocycles. The van der Waals surface area contributed by atoms with Crippen LogP contribution in [0.5, 0.6) is 0 Å². The molecule has 2 atom stereocenters. The highest BCUT2D eigenvalue weighted by atomic mass is 15.3. The summed E-state index contributed by atoms with van der Waals surface area (Å²) in [4.78, 5) is 7.07. The number of hydrogen-bond acceptors (Lipinski definition) is 3. The molecule has 1 aliphatic heterocycles. The Morgan fingerprint density at radius 3 is 2.62 bits per heavy atom. The van der Waals surface area contributed by atoms with Crippen LogP contribution in [0.15, 0.2) is 12.4 Å². The zero-order chi connectivity index (χ0) is 15.0. The number of rotatable bonds is 4. The fraction of sp³-hybridized carbons (Fsp3) is 0.824. The van der Waals surface area contributed by atoms with Gasteiger partial charge in [0.2, 0.25) is 0 Å². The number of imidazole rings is 1. The van der Waals surface area contributed by atoms with E-state index in [1.165, 1.54) is 19.4 Å². The third-order valence-corrected chi connectivity index (χ3v) is 5.22. The maximum Gasteiger partial charge on any atom is 0.105 e. The lowest BCUT2D eigenvalue weighted by molar-refractivity contribution is 0.0719. The lowest BCUT2D eigenvalue weighted by atomic mass is 9.84. The van der Waals surface area contributed by atoms with Crippen LogP contribution in [0.1, 0.15) is 39.4 Å². The van der Waals surface area contributed by atoms with Gasteiger partial charge < -0.3 is 9.88 Å². The molecule has 1 N–H and O–H groups in total. The van der Waals surface area contributed by atoms with Crippen LogP contribution in [-0.4, -0.2) is 46.2 Å². The van der Waals surface area contributed by atoms with Gasteiger partial charge in [-0.25, -0.2) is 4.98 Å². The Balaban J connectivity index is 1.64. The van der Waals surface area contributed by atoms with Crippen LogP contribution in [0.3, 0.4) is 0 Å². The van der Waals surface area contributed by atoms with Crippen LogP contribution in [0.2, 0.25) is 0 Å². The smallest absolute Gasteiger partial charge is 0.105 e. The number of nitrogens with one attached hydrogen (secondary N) is 1. The maximum absolute atomic E-state index is 4.33. The molecule has 21 heavy (non-hydrogen) atoms. The third-order valence-electron chi connectivity index (χ3n) is 5.22. The van der Waals surface area contributed by atoms with E-state index in [2.05, 4.69) is 53.7 Å². The number of piperazine rings is 1. The molecule has 2 heterocycles. The van der Waals surface area contributed by atoms with Crippen molar-refractivity contribution in [1.82, 2.24) is 19.8 Å². The van der Waals surface area contributed by atoms with E-state index < -0.39 is 0 Å². The molecule has 3 rings (SSSR count). The van der Waals surface area contributed by atoms with Crippen LogP contribution in [0, 0.1) is 18.3 Å². The number of nitrogens with zero attached hydrogens (tertiary/aromatic N) is 3. The highest BCUT2D eigenvalue weighted by Crippen LogP contribution is 2.37. The fourth-order valence-corrected chi connectivity index (χ4v) is 3.49. The van der Waals surface area contributed by atoms with Crippen LogP contribution in [-0.2, 0) is 6.54 Å². The van der Waals surface area contributed by atoms with E-state index in [1.807, 2.05) is 6.20 Å². The minimum atomic E-state index is 0.331. The highest BCUT2D eigenvalue weighted by molar-refractivity contribution is 4.98. The number of hydrogen-bond donors (Lipinski definition) is 1. The van der Waals surface area contributed by atoms with Gasteiger partial charge in [0.15, 0.2) is 0 Å². The molecule has 118 valence electrons. The van der Waals surface area contributed by atoms with Gasteiger partial charge in [0, 0.05) is 50.7 Å². The molecule has 1 aromatic rings. The minimum absolute atomic E-state index is 0.331. The van der Waals surface area contributed by atoms with Crippen molar-refractivity contribution >= 4 is 0 Å². The molecule has 1 saturated heterocycles. The van der Waals surface area contributed by atoms with Crippen LogP contribution < -0.4 is 5.32 Å². The Morgan fingerprint density at radius 1 is 1.29 bits per heavy atom. The Kier molecular flexibility index (Phi) is 4.10. The quantitative estimate of drug-likeness (QED) is 0.923. The average Bonchev–Trinajstić information content (AvgIpc) is 3.19. The molecule has 0 amide bonds. The second kappa shape index (κ2) is 5.73. The first kappa shape index (κ1) is 15.0. The fourth-order valence-electron chi connectivity index (χ4n) is 3.49. The molecular formula is C17H30N4. The van der Waals surface area contributed by atoms with Crippen LogP contribution in [0.25, 0.3) is 0 Å². The summed E-state index contributed by atoms with van der Waals surface area (Å²) >= 11 is 0. The summed E-state index contributed by atoms with van der Waals surface area (Å²) in [6, 6.07) is 1.34. The minimum Gasteiger partial charge on any atom is -0.334 e. The first-order valence-electron chi connectivity index (χ1n) is 8.40. The molecule has 0 spiro atoms. The third kappa shape index (κ3) is 3.49. The first-order valence-corrected chi connectivity index (χ1v) is 8.40. The Hall–Kier alpha value is -0.870. The zero-order valence-corrected chi connectivity index (χ0v) is 14.0. The largest absolute Gasteiger partial charge is 0.334 e. The van der Waals surface area contributed by atoms with E-state index in [4.69, 9.17) is 0 Å². The summed E-state index contributed by atoms with van der Waals surface area (Å²) < 4.78 is 2.28. The molecule has 1 aliphatic carbocycles. The van der Waals surface area contributed by atoms with Crippen LogP contribution >= 0.6 is 0 Å². The van der Waals surface area contributed by atoms with Crippen LogP contribution in [0.4, 0.5) is 0 Å². The van der Waals surface area contributed by atoms with Gasteiger partial charge in [0.05, 0.1) is 0 Å². The van der Waals surface area contributed by atoms with Crippen molar-refractivity contribution in [3.8, 4) is 0 Å². The van der Waals surface area contributed by atoms with Gasteiger partial charge in [0.1, 0.15) is 5.82 Å². The lowest BCUT2D eigenvalue weighted by Crippen LogP contribution is -2.61. The van der Waals surface area contributed by atoms with Crippen molar-refractivity contribution in [2.75, 3.05) is 19.6 Å². The average molecular weight is 290 g/mol. The highest BCUT2D eigenvalue weighted by Gasteiger charge is 2.40. The summed E-state index contributed by atoms with van der Waals surface area (Å²) in [5, 5.41) is 3.80. The van der Waals surface area contributed by atoms with Crippen molar-refractivity contribution in [2.45, 2.75) is 59.2 Å². The zero-order valence-electron chi connectivity index (χ0n) is 14.0. The normalized spacial score (nSPS) is 28.0. The van der Waals surface area contributed by atoms with Crippen molar-refractivity contribution in [3.05, 3.63) is 18.2 Å². The predicted octanol–water partition coefficient (Wildman–Crippen LogP) is 2.29. The Labute approximate surface area is 128 Å². The number of aryl methyl sites for hydroxylation is 1. The predicted molar refractivity (Wildman–Crippen MR) is 86.3 cm³/mol. The second-order valence-electron chi connectivity index (χ2n) is 7.89. The van der Waals surface area contributed by atoms with E-state index >= 15 is 0 Å². The Morgan fingerprint density at radius 2 is 2.05 bits per heavy atom. The van der Waals surface area contributed by atoms with Gasteiger partial charge in [-0.3, -0.25) is 4.90 Å². The van der Waals surface area contributed by atoms with E-state index in [0.29, 0.717) is 11.5 Å². The van der Waals surface area contributed by atoms with Gasteiger partial charge >= 0.3 is 0 Å². The summed E-state index contributed by atoms with van der Waals surface area (Å²) in [5.41, 5.74) is 0.331. The molecule has 2 fully saturated rings. The van der Waals surface area contributed by atoms with E-state index in [0.717, 1.165) is 37.4 Å². The maximum atomic E-state index is 4.33. The SMILES string of the molecule is Cc1nccn1CCN1CC(C(C)(C)C)NCC1C1CC1. The van der Waals surface area contributed by atoms with Crippen molar-refractivity contribution in [3.63, 3.8) is 0 Å². The first-order chi connectivity index (χ1) is 9.95. The second-order valence-corrected chi connectivity index (χ2v) is 7.89. The standard InChI is InChI=1S/C17H30N4/c1-13-18-7-8-20(13)9-10-21-12-16(17(2,3)4)19-11-15(21)14-5-6-14/h7-8,14-16,19H,5-6,9-12H2,1-4H3. The summed E-state index contributed by atoms with van der Waals surface area (Å²) in [6.45, 7) is 13.7. The van der Waals surface area contributed by atoms with Gasteiger partial charge in [-0.05, 0) is 31.1 Å². The van der Waals surface area contributed by atoms with Crippen molar-refractivity contribution in [2.24, 2.45) is 11.3 Å². The summed E-state index contributed by atoms with van der Waals surface area (Å²) in [6.07, 6.45) is 6.86. The summed E-state index contributed by atoms with van der Waals surface area (Å²) in [7, 11) is 0. The molecule has 2 aliphatic rings. The topological polar surface area (TPSA) is 33.1 Å². The van der Waals surface area contributed by atoms with E-state index in [9.17, 15) is 0 Å². The molecule has 4 heteroatoms. The van der Waals surface area contributed by atoms with E-state index in [-0.39, 0.29) is 0 Å². The van der Waals surface area contributed by atoms with Gasteiger partial charge in [-0.15, -0.1) is 0 Å². The molecule has 1 aromatic heterocycles. The summed E-state index contributed by atoms with van der Waals surface area (Å²) in [5.74, 6) is 2.06. The molecule has 4 nitrogen and oxygen atoms in total. The molecular weight excluding hydrogens is 260 g/mol. The van der Waals surface area contributed by atoms with Crippen molar-refractivity contribution < 1.29 is 0 Å². The monoisotopic (exact) mass is 290 g/mol. The molecule has 2 unspecified atom stereocenters. The van der Waals surface area contributed by atoms with Crippen molar-refractivity contribution in [1.29, 1.82) is 0 Å². The van der Waals surface area contributed by atoms with Gasteiger partial charge in [-0.2, -0.15) is 0 Å². The van der Waals surface area contributed by atoms with Gasteiger partial charge in [0.25, 0.3) is 0 Å². The number of aromatic nitrogens is 2. The molecule has 1 saturated carbocycles. The lowest BCUT2D eigenvalue weighted by Gasteiger charge is -2.45. The molecule has 0 bridgehead atoms. The van der Waals surface area contributed by atoms with Gasteiger partial charge in [-0.1, -0.05) is 20.8 Å². The van der Waals surface area contributed by atoms with E-state index in [1.54, 1.807) is 0 Å².